The minimum Gasteiger partial charge on any atom is -0.496 e. The van der Waals surface area contributed by atoms with Gasteiger partial charge in [-0.25, -0.2) is 0 Å². The molecule has 0 saturated heterocycles. The van der Waals surface area contributed by atoms with Crippen LogP contribution in [0.1, 0.15) is 11.1 Å². The van der Waals surface area contributed by atoms with Gasteiger partial charge in [-0.05, 0) is 31.5 Å². The molecule has 0 bridgehead atoms. The highest BCUT2D eigenvalue weighted by molar-refractivity contribution is 5.88. The van der Waals surface area contributed by atoms with Crippen molar-refractivity contribution in [1.29, 1.82) is 0 Å². The third kappa shape index (κ3) is 1.10. The van der Waals surface area contributed by atoms with E-state index in [0.29, 0.717) is 0 Å². The van der Waals surface area contributed by atoms with Gasteiger partial charge in [0.2, 0.25) is 0 Å². The normalized spacial score (nSPS) is 10.7. The smallest absolute Gasteiger partial charge is 0.122 e. The number of fused-ring (bicyclic) bond motifs is 1. The maximum atomic E-state index is 5.26. The number of hydrogen-bond acceptors (Lipinski definition) is 1. The number of aromatic nitrogens is 1. The molecule has 0 aliphatic heterocycles. The number of aryl methyl sites for hydroxylation is 2. The number of hydrogen-bond donors (Lipinski definition) is 1. The Hall–Kier alpha value is -1.44. The maximum Gasteiger partial charge on any atom is 0.122 e. The molecule has 0 spiro atoms. The summed E-state index contributed by atoms with van der Waals surface area (Å²) in [4.78, 5) is 3.22. The van der Waals surface area contributed by atoms with Gasteiger partial charge >= 0.3 is 0 Å². The van der Waals surface area contributed by atoms with Crippen LogP contribution >= 0.6 is 0 Å². The van der Waals surface area contributed by atoms with E-state index in [1.807, 2.05) is 18.3 Å². The van der Waals surface area contributed by atoms with E-state index >= 15 is 0 Å². The molecule has 2 aromatic rings. The van der Waals surface area contributed by atoms with Crippen LogP contribution < -0.4 is 4.74 Å². The molecule has 1 aromatic carbocycles. The SMILES string of the molecule is COc1ccc2[nH]cc(C)c2c1C. The minimum absolute atomic E-state index is 0.954. The first-order valence-electron chi connectivity index (χ1n) is 4.35. The predicted molar refractivity (Wildman–Crippen MR) is 54.3 cm³/mol. The lowest BCUT2D eigenvalue weighted by Crippen LogP contribution is -1.87. The van der Waals surface area contributed by atoms with Crippen LogP contribution in [0.2, 0.25) is 0 Å². The van der Waals surface area contributed by atoms with Crippen molar-refractivity contribution in [3.63, 3.8) is 0 Å². The summed E-state index contributed by atoms with van der Waals surface area (Å²) < 4.78 is 5.26. The van der Waals surface area contributed by atoms with Gasteiger partial charge in [0.05, 0.1) is 7.11 Å². The van der Waals surface area contributed by atoms with Crippen molar-refractivity contribution in [2.75, 3.05) is 7.11 Å². The van der Waals surface area contributed by atoms with E-state index in [1.165, 1.54) is 22.0 Å². The maximum absolute atomic E-state index is 5.26. The molecular formula is C11H13NO. The zero-order chi connectivity index (χ0) is 9.42. The van der Waals surface area contributed by atoms with E-state index in [2.05, 4.69) is 18.8 Å². The Balaban J connectivity index is 2.83. The molecule has 1 N–H and O–H groups in total. The molecule has 1 heterocycles. The van der Waals surface area contributed by atoms with E-state index in [-0.39, 0.29) is 0 Å². The molecule has 2 nitrogen and oxygen atoms in total. The van der Waals surface area contributed by atoms with E-state index in [9.17, 15) is 0 Å². The number of nitrogens with one attached hydrogen (secondary N) is 1. The number of aromatic amines is 1. The molecule has 0 atom stereocenters. The standard InChI is InChI=1S/C11H13NO/c1-7-6-12-9-4-5-10(13-3)8(2)11(7)9/h4-6,12H,1-3H3. The summed E-state index contributed by atoms with van der Waals surface area (Å²) in [6, 6.07) is 4.04. The Labute approximate surface area is 77.5 Å². The van der Waals surface area contributed by atoms with Crippen molar-refractivity contribution in [3.05, 3.63) is 29.5 Å². The second-order valence-corrected chi connectivity index (χ2v) is 3.29. The van der Waals surface area contributed by atoms with E-state index in [4.69, 9.17) is 4.74 Å². The summed E-state index contributed by atoms with van der Waals surface area (Å²) in [6.45, 7) is 4.19. The fourth-order valence-corrected chi connectivity index (χ4v) is 1.80. The number of rotatable bonds is 1. The lowest BCUT2D eigenvalue weighted by atomic mass is 10.1. The first kappa shape index (κ1) is 8.17. The van der Waals surface area contributed by atoms with Gasteiger partial charge in [-0.3, -0.25) is 0 Å². The average Bonchev–Trinajstić information content (AvgIpc) is 2.49. The third-order valence-electron chi connectivity index (χ3n) is 2.47. The second-order valence-electron chi connectivity index (χ2n) is 3.29. The number of H-pyrrole nitrogens is 1. The monoisotopic (exact) mass is 175 g/mol. The zero-order valence-corrected chi connectivity index (χ0v) is 8.14. The molecule has 0 aliphatic carbocycles. The Kier molecular flexibility index (Phi) is 1.76. The van der Waals surface area contributed by atoms with Gasteiger partial charge in [0, 0.05) is 22.7 Å². The van der Waals surface area contributed by atoms with Crippen LogP contribution in [-0.4, -0.2) is 12.1 Å². The van der Waals surface area contributed by atoms with Crippen LogP contribution in [0.25, 0.3) is 10.9 Å². The van der Waals surface area contributed by atoms with Gasteiger partial charge in [0.1, 0.15) is 5.75 Å². The summed E-state index contributed by atoms with van der Waals surface area (Å²) >= 11 is 0. The van der Waals surface area contributed by atoms with Crippen molar-refractivity contribution in [3.8, 4) is 5.75 Å². The summed E-state index contributed by atoms with van der Waals surface area (Å²) in [7, 11) is 1.70. The van der Waals surface area contributed by atoms with E-state index < -0.39 is 0 Å². The largest absolute Gasteiger partial charge is 0.496 e. The van der Waals surface area contributed by atoms with Crippen LogP contribution in [0, 0.1) is 13.8 Å². The number of benzene rings is 1. The zero-order valence-electron chi connectivity index (χ0n) is 8.14. The van der Waals surface area contributed by atoms with Gasteiger partial charge < -0.3 is 9.72 Å². The highest BCUT2D eigenvalue weighted by Crippen LogP contribution is 2.28. The molecule has 1 aromatic heterocycles. The Morgan fingerprint density at radius 2 is 2.00 bits per heavy atom. The lowest BCUT2D eigenvalue weighted by molar-refractivity contribution is 0.412. The van der Waals surface area contributed by atoms with Gasteiger partial charge in [0.25, 0.3) is 0 Å². The van der Waals surface area contributed by atoms with E-state index in [0.717, 1.165) is 5.75 Å². The molecule has 0 aliphatic rings. The molecule has 68 valence electrons. The Morgan fingerprint density at radius 3 is 2.69 bits per heavy atom. The molecule has 2 heteroatoms. The number of methoxy groups -OCH3 is 1. The quantitative estimate of drug-likeness (QED) is 0.708. The summed E-state index contributed by atoms with van der Waals surface area (Å²) in [5, 5.41) is 1.28. The van der Waals surface area contributed by atoms with E-state index in [1.54, 1.807) is 7.11 Å². The van der Waals surface area contributed by atoms with Crippen LogP contribution in [0.4, 0.5) is 0 Å². The van der Waals surface area contributed by atoms with Crippen molar-refractivity contribution in [1.82, 2.24) is 4.98 Å². The molecule has 0 fully saturated rings. The summed E-state index contributed by atoms with van der Waals surface area (Å²) in [5.41, 5.74) is 3.65. The average molecular weight is 175 g/mol. The molecule has 0 radical (unpaired) electrons. The van der Waals surface area contributed by atoms with Crippen LogP contribution in [0.3, 0.4) is 0 Å². The third-order valence-corrected chi connectivity index (χ3v) is 2.47. The molecule has 0 unspecified atom stereocenters. The molecule has 0 saturated carbocycles. The van der Waals surface area contributed by atoms with Crippen molar-refractivity contribution < 1.29 is 4.74 Å². The lowest BCUT2D eigenvalue weighted by Gasteiger charge is -2.05. The van der Waals surface area contributed by atoms with Gasteiger partial charge in [-0.1, -0.05) is 0 Å². The molecule has 0 amide bonds. The van der Waals surface area contributed by atoms with Crippen molar-refractivity contribution >= 4 is 10.9 Å². The predicted octanol–water partition coefficient (Wildman–Crippen LogP) is 2.79. The van der Waals surface area contributed by atoms with Crippen LogP contribution in [0.15, 0.2) is 18.3 Å². The second kappa shape index (κ2) is 2.80. The fraction of sp³-hybridized carbons (Fsp3) is 0.273. The topological polar surface area (TPSA) is 25.0 Å². The number of ether oxygens (including phenoxy) is 1. The molecular weight excluding hydrogens is 162 g/mol. The molecule has 13 heavy (non-hydrogen) atoms. The Bertz CT molecular complexity index is 443. The van der Waals surface area contributed by atoms with Crippen molar-refractivity contribution in [2.45, 2.75) is 13.8 Å². The summed E-state index contributed by atoms with van der Waals surface area (Å²) in [6.07, 6.45) is 2.02. The van der Waals surface area contributed by atoms with Gasteiger partial charge in [-0.2, -0.15) is 0 Å². The summed E-state index contributed by atoms with van der Waals surface area (Å²) in [5.74, 6) is 0.954. The first-order chi connectivity index (χ1) is 6.24. The first-order valence-corrected chi connectivity index (χ1v) is 4.35. The highest BCUT2D eigenvalue weighted by atomic mass is 16.5. The fourth-order valence-electron chi connectivity index (χ4n) is 1.80. The van der Waals surface area contributed by atoms with Gasteiger partial charge in [0.15, 0.2) is 0 Å². The highest BCUT2D eigenvalue weighted by Gasteiger charge is 2.06. The Morgan fingerprint density at radius 1 is 1.23 bits per heavy atom. The molecule has 2 rings (SSSR count). The minimum atomic E-state index is 0.954. The van der Waals surface area contributed by atoms with Crippen LogP contribution in [-0.2, 0) is 0 Å². The van der Waals surface area contributed by atoms with Gasteiger partial charge in [-0.15, -0.1) is 0 Å². The van der Waals surface area contributed by atoms with Crippen molar-refractivity contribution in [2.24, 2.45) is 0 Å². The van der Waals surface area contributed by atoms with Crippen LogP contribution in [0.5, 0.6) is 5.75 Å².